The van der Waals surface area contributed by atoms with E-state index in [0.717, 1.165) is 11.1 Å². The molecule has 0 bridgehead atoms. The van der Waals surface area contributed by atoms with Crippen molar-refractivity contribution in [3.05, 3.63) is 64.7 Å². The smallest absolute Gasteiger partial charge is 0.338 e. The van der Waals surface area contributed by atoms with Gasteiger partial charge in [0.05, 0.1) is 17.7 Å². The molecule has 0 aliphatic carbocycles. The van der Waals surface area contributed by atoms with E-state index in [1.807, 2.05) is 26.0 Å². The van der Waals surface area contributed by atoms with Crippen molar-refractivity contribution in [3.63, 3.8) is 0 Å². The van der Waals surface area contributed by atoms with E-state index in [0.29, 0.717) is 23.4 Å². The summed E-state index contributed by atoms with van der Waals surface area (Å²) >= 11 is 0. The summed E-state index contributed by atoms with van der Waals surface area (Å²) in [7, 11) is 0. The Hall–Kier alpha value is -3.15. The minimum Gasteiger partial charge on any atom is -0.462 e. The van der Waals surface area contributed by atoms with Crippen LogP contribution in [-0.2, 0) is 14.3 Å². The van der Waals surface area contributed by atoms with Crippen molar-refractivity contribution in [2.45, 2.75) is 20.8 Å². The van der Waals surface area contributed by atoms with Crippen molar-refractivity contribution in [2.75, 3.05) is 18.5 Å². The second kappa shape index (κ2) is 8.80. The maximum Gasteiger partial charge on any atom is 0.338 e. The Kier molecular flexibility index (Phi) is 6.49. The Labute approximate surface area is 152 Å². The van der Waals surface area contributed by atoms with E-state index >= 15 is 0 Å². The Morgan fingerprint density at radius 1 is 0.923 bits per heavy atom. The molecule has 0 saturated carbocycles. The Bertz CT molecular complexity index is 811. The molecule has 2 rings (SSSR count). The van der Waals surface area contributed by atoms with Crippen LogP contribution >= 0.6 is 0 Å². The predicted octanol–water partition coefficient (Wildman–Crippen LogP) is 3.28. The highest BCUT2D eigenvalue weighted by atomic mass is 16.5. The molecule has 6 nitrogen and oxygen atoms in total. The zero-order valence-corrected chi connectivity index (χ0v) is 15.0. The van der Waals surface area contributed by atoms with Gasteiger partial charge in [-0.25, -0.2) is 9.59 Å². The number of benzene rings is 2. The van der Waals surface area contributed by atoms with Gasteiger partial charge in [-0.2, -0.15) is 0 Å². The second-order valence-electron chi connectivity index (χ2n) is 5.74. The minimum absolute atomic E-state index is 0.295. The van der Waals surface area contributed by atoms with Gasteiger partial charge in [0.1, 0.15) is 0 Å². The summed E-state index contributed by atoms with van der Waals surface area (Å²) in [5, 5.41) is 2.60. The molecule has 0 spiro atoms. The first-order valence-electron chi connectivity index (χ1n) is 8.22. The fourth-order valence-corrected chi connectivity index (χ4v) is 2.35. The molecule has 0 aliphatic heterocycles. The maximum atomic E-state index is 12.1. The van der Waals surface area contributed by atoms with E-state index in [1.165, 1.54) is 0 Å². The number of aryl methyl sites for hydroxylation is 2. The third-order valence-corrected chi connectivity index (χ3v) is 3.62. The van der Waals surface area contributed by atoms with E-state index in [4.69, 9.17) is 9.47 Å². The van der Waals surface area contributed by atoms with Crippen LogP contribution < -0.4 is 5.32 Å². The normalized spacial score (nSPS) is 10.1. The van der Waals surface area contributed by atoms with Crippen LogP contribution in [0.5, 0.6) is 0 Å². The lowest BCUT2D eigenvalue weighted by molar-refractivity contribution is -0.119. The van der Waals surface area contributed by atoms with Crippen LogP contribution in [0.4, 0.5) is 5.69 Å². The lowest BCUT2D eigenvalue weighted by Crippen LogP contribution is -2.21. The van der Waals surface area contributed by atoms with Crippen LogP contribution in [0.1, 0.15) is 38.8 Å². The summed E-state index contributed by atoms with van der Waals surface area (Å²) in [6.45, 7) is 5.37. The van der Waals surface area contributed by atoms with Crippen LogP contribution in [0.3, 0.4) is 0 Å². The lowest BCUT2D eigenvalue weighted by atomic mass is 10.1. The summed E-state index contributed by atoms with van der Waals surface area (Å²) < 4.78 is 9.94. The van der Waals surface area contributed by atoms with Gasteiger partial charge in [0.2, 0.25) is 0 Å². The first kappa shape index (κ1) is 19.2. The molecule has 0 radical (unpaired) electrons. The van der Waals surface area contributed by atoms with Gasteiger partial charge in [-0.15, -0.1) is 0 Å². The molecule has 0 saturated heterocycles. The Balaban J connectivity index is 1.88. The molecule has 0 aliphatic rings. The SMILES string of the molecule is CCOC(=O)c1ccc(NC(=O)COC(=O)c2ccc(C)cc2C)cc1. The first-order valence-corrected chi connectivity index (χ1v) is 8.22. The standard InChI is InChI=1S/C20H21NO5/c1-4-25-19(23)15-6-8-16(9-7-15)21-18(22)12-26-20(24)17-10-5-13(2)11-14(17)3/h5-11H,4,12H2,1-3H3,(H,21,22). The second-order valence-corrected chi connectivity index (χ2v) is 5.74. The number of carbonyl (C=O) groups excluding carboxylic acids is 3. The molecule has 2 aromatic rings. The average Bonchev–Trinajstić information content (AvgIpc) is 2.60. The summed E-state index contributed by atoms with van der Waals surface area (Å²) in [6, 6.07) is 11.6. The maximum absolute atomic E-state index is 12.1. The molecule has 1 N–H and O–H groups in total. The third kappa shape index (κ3) is 5.17. The zero-order valence-electron chi connectivity index (χ0n) is 15.0. The van der Waals surface area contributed by atoms with Gasteiger partial charge in [0.15, 0.2) is 6.61 Å². The van der Waals surface area contributed by atoms with Crippen molar-refractivity contribution >= 4 is 23.5 Å². The Morgan fingerprint density at radius 2 is 1.62 bits per heavy atom. The molecule has 26 heavy (non-hydrogen) atoms. The van der Waals surface area contributed by atoms with Crippen molar-refractivity contribution in [1.82, 2.24) is 0 Å². The van der Waals surface area contributed by atoms with Crippen LogP contribution in [0.15, 0.2) is 42.5 Å². The van der Waals surface area contributed by atoms with Crippen LogP contribution in [-0.4, -0.2) is 31.1 Å². The monoisotopic (exact) mass is 355 g/mol. The van der Waals surface area contributed by atoms with E-state index < -0.39 is 24.5 Å². The van der Waals surface area contributed by atoms with Gasteiger partial charge < -0.3 is 14.8 Å². The summed E-state index contributed by atoms with van der Waals surface area (Å²) in [5.41, 5.74) is 3.16. The number of hydrogen-bond acceptors (Lipinski definition) is 5. The number of anilines is 1. The van der Waals surface area contributed by atoms with Crippen molar-refractivity contribution in [1.29, 1.82) is 0 Å². The van der Waals surface area contributed by atoms with E-state index in [9.17, 15) is 14.4 Å². The summed E-state index contributed by atoms with van der Waals surface area (Å²) in [4.78, 5) is 35.6. The molecule has 0 heterocycles. The number of esters is 2. The van der Waals surface area contributed by atoms with Gasteiger partial charge in [-0.1, -0.05) is 17.7 Å². The lowest BCUT2D eigenvalue weighted by Gasteiger charge is -2.09. The molecule has 1 amide bonds. The first-order chi connectivity index (χ1) is 12.4. The quantitative estimate of drug-likeness (QED) is 0.804. The number of nitrogens with one attached hydrogen (secondary N) is 1. The van der Waals surface area contributed by atoms with Gasteiger partial charge in [-0.3, -0.25) is 4.79 Å². The van der Waals surface area contributed by atoms with Gasteiger partial charge in [0.25, 0.3) is 5.91 Å². The summed E-state index contributed by atoms with van der Waals surface area (Å²) in [5.74, 6) is -1.44. The molecule has 0 unspecified atom stereocenters. The number of hydrogen-bond donors (Lipinski definition) is 1. The molecule has 6 heteroatoms. The van der Waals surface area contributed by atoms with Gasteiger partial charge in [-0.05, 0) is 56.7 Å². The fraction of sp³-hybridized carbons (Fsp3) is 0.250. The Morgan fingerprint density at radius 3 is 2.23 bits per heavy atom. The number of carbonyl (C=O) groups is 3. The predicted molar refractivity (Wildman–Crippen MR) is 97.2 cm³/mol. The largest absolute Gasteiger partial charge is 0.462 e. The highest BCUT2D eigenvalue weighted by molar-refractivity contribution is 5.96. The number of rotatable bonds is 6. The van der Waals surface area contributed by atoms with E-state index in [-0.39, 0.29) is 0 Å². The third-order valence-electron chi connectivity index (χ3n) is 3.62. The van der Waals surface area contributed by atoms with E-state index in [1.54, 1.807) is 37.3 Å². The van der Waals surface area contributed by atoms with E-state index in [2.05, 4.69) is 5.32 Å². The van der Waals surface area contributed by atoms with Gasteiger partial charge >= 0.3 is 11.9 Å². The number of amides is 1. The molecular formula is C20H21NO5. The molecule has 136 valence electrons. The van der Waals surface area contributed by atoms with Crippen LogP contribution in [0.2, 0.25) is 0 Å². The fourth-order valence-electron chi connectivity index (χ4n) is 2.35. The van der Waals surface area contributed by atoms with Crippen molar-refractivity contribution in [3.8, 4) is 0 Å². The molecular weight excluding hydrogens is 334 g/mol. The van der Waals surface area contributed by atoms with Crippen molar-refractivity contribution < 1.29 is 23.9 Å². The topological polar surface area (TPSA) is 81.7 Å². The van der Waals surface area contributed by atoms with Crippen molar-refractivity contribution in [2.24, 2.45) is 0 Å². The molecule has 2 aromatic carbocycles. The molecule has 0 atom stereocenters. The van der Waals surface area contributed by atoms with Gasteiger partial charge in [0, 0.05) is 5.69 Å². The number of ether oxygens (including phenoxy) is 2. The van der Waals surface area contributed by atoms with Crippen LogP contribution in [0.25, 0.3) is 0 Å². The molecule has 0 fully saturated rings. The highest BCUT2D eigenvalue weighted by Crippen LogP contribution is 2.13. The minimum atomic E-state index is -0.546. The zero-order chi connectivity index (χ0) is 19.1. The van der Waals surface area contributed by atoms with Crippen LogP contribution in [0, 0.1) is 13.8 Å². The molecule has 0 aromatic heterocycles. The highest BCUT2D eigenvalue weighted by Gasteiger charge is 2.13. The average molecular weight is 355 g/mol. The summed E-state index contributed by atoms with van der Waals surface area (Å²) in [6.07, 6.45) is 0.